The lowest BCUT2D eigenvalue weighted by Crippen LogP contribution is -2.29. The normalized spacial score (nSPS) is 10.6. The van der Waals surface area contributed by atoms with Crippen molar-refractivity contribution in [2.45, 2.75) is 33.1 Å². The highest BCUT2D eigenvalue weighted by Crippen LogP contribution is 2.21. The Bertz CT molecular complexity index is 593. The van der Waals surface area contributed by atoms with Crippen LogP contribution in [0.25, 0.3) is 11.5 Å². The number of rotatable bonds is 6. The fraction of sp³-hybridized carbons (Fsp3) is 0.438. The maximum absolute atomic E-state index is 12.1. The van der Waals surface area contributed by atoms with Gasteiger partial charge < -0.3 is 9.32 Å². The molecule has 0 aliphatic rings. The fourth-order valence-corrected chi connectivity index (χ4v) is 2.00. The van der Waals surface area contributed by atoms with E-state index in [0.717, 1.165) is 24.9 Å². The number of nitrogens with zero attached hydrogens (tertiary/aromatic N) is 3. The Labute approximate surface area is 125 Å². The van der Waals surface area contributed by atoms with E-state index < -0.39 is 0 Å². The number of aryl methyl sites for hydroxylation is 1. The van der Waals surface area contributed by atoms with E-state index in [0.29, 0.717) is 17.3 Å². The van der Waals surface area contributed by atoms with Crippen LogP contribution >= 0.6 is 0 Å². The smallest absolute Gasteiger partial charge is 0.228 e. The van der Waals surface area contributed by atoms with Gasteiger partial charge in [0.1, 0.15) is 5.76 Å². The van der Waals surface area contributed by atoms with Gasteiger partial charge in [0.05, 0.1) is 17.7 Å². The van der Waals surface area contributed by atoms with E-state index in [1.807, 2.05) is 26.1 Å². The third-order valence-electron chi connectivity index (χ3n) is 3.39. The summed E-state index contributed by atoms with van der Waals surface area (Å²) in [5.74, 6) is 1.27. The van der Waals surface area contributed by atoms with Crippen LogP contribution in [0.3, 0.4) is 0 Å². The van der Waals surface area contributed by atoms with E-state index in [-0.39, 0.29) is 12.3 Å². The molecule has 112 valence electrons. The van der Waals surface area contributed by atoms with Gasteiger partial charge in [-0.25, -0.2) is 4.98 Å². The van der Waals surface area contributed by atoms with Gasteiger partial charge in [-0.2, -0.15) is 0 Å². The van der Waals surface area contributed by atoms with E-state index in [2.05, 4.69) is 16.9 Å². The third-order valence-corrected chi connectivity index (χ3v) is 3.39. The van der Waals surface area contributed by atoms with Gasteiger partial charge in [0.2, 0.25) is 11.8 Å². The van der Waals surface area contributed by atoms with Crippen LogP contribution in [0, 0.1) is 6.92 Å². The topological polar surface area (TPSA) is 59.2 Å². The molecule has 0 aliphatic carbocycles. The Hall–Kier alpha value is -2.17. The van der Waals surface area contributed by atoms with Crippen molar-refractivity contribution in [2.75, 3.05) is 13.6 Å². The van der Waals surface area contributed by atoms with Crippen molar-refractivity contribution < 1.29 is 9.21 Å². The first kappa shape index (κ1) is 15.2. The van der Waals surface area contributed by atoms with Crippen molar-refractivity contribution in [3.8, 4) is 11.5 Å². The standard InChI is InChI=1S/C16H21N3O2/c1-4-5-9-19(3)15(20)10-14-12(2)21-16(18-14)13-7-6-8-17-11-13/h6-8,11H,4-5,9-10H2,1-3H3. The van der Waals surface area contributed by atoms with E-state index in [1.54, 1.807) is 17.3 Å². The molecule has 0 bridgehead atoms. The highest BCUT2D eigenvalue weighted by molar-refractivity contribution is 5.78. The first-order chi connectivity index (χ1) is 10.1. The van der Waals surface area contributed by atoms with Crippen LogP contribution in [0.5, 0.6) is 0 Å². The van der Waals surface area contributed by atoms with Crippen LogP contribution in [0.2, 0.25) is 0 Å². The summed E-state index contributed by atoms with van der Waals surface area (Å²) in [6.45, 7) is 4.73. The van der Waals surface area contributed by atoms with Crippen molar-refractivity contribution in [3.05, 3.63) is 36.0 Å². The molecule has 2 aromatic heterocycles. The Morgan fingerprint density at radius 1 is 1.43 bits per heavy atom. The molecule has 21 heavy (non-hydrogen) atoms. The minimum absolute atomic E-state index is 0.0672. The first-order valence-corrected chi connectivity index (χ1v) is 7.22. The van der Waals surface area contributed by atoms with Gasteiger partial charge in [-0.1, -0.05) is 13.3 Å². The number of oxazole rings is 1. The zero-order valence-electron chi connectivity index (χ0n) is 12.8. The number of likely N-dealkylation sites (N-methyl/N-ethyl adjacent to an activating group) is 1. The van der Waals surface area contributed by atoms with Gasteiger partial charge >= 0.3 is 0 Å². The molecule has 0 saturated heterocycles. The summed E-state index contributed by atoms with van der Waals surface area (Å²) >= 11 is 0. The van der Waals surface area contributed by atoms with Gasteiger partial charge in [-0.15, -0.1) is 0 Å². The molecule has 2 aromatic rings. The van der Waals surface area contributed by atoms with Gasteiger partial charge in [0.15, 0.2) is 0 Å². The molecule has 0 atom stereocenters. The summed E-state index contributed by atoms with van der Waals surface area (Å²) in [4.78, 5) is 22.4. The maximum atomic E-state index is 12.1. The highest BCUT2D eigenvalue weighted by Gasteiger charge is 2.16. The van der Waals surface area contributed by atoms with E-state index in [9.17, 15) is 4.79 Å². The fourth-order valence-electron chi connectivity index (χ4n) is 2.00. The SMILES string of the molecule is CCCCN(C)C(=O)Cc1nc(-c2cccnc2)oc1C. The average molecular weight is 287 g/mol. The Morgan fingerprint density at radius 2 is 2.24 bits per heavy atom. The summed E-state index contributed by atoms with van der Waals surface area (Å²) in [5.41, 5.74) is 1.51. The lowest BCUT2D eigenvalue weighted by atomic mass is 10.2. The summed E-state index contributed by atoms with van der Waals surface area (Å²) in [7, 11) is 1.83. The van der Waals surface area contributed by atoms with Gasteiger partial charge in [-0.3, -0.25) is 9.78 Å². The van der Waals surface area contributed by atoms with Crippen LogP contribution in [-0.2, 0) is 11.2 Å². The van der Waals surface area contributed by atoms with Gasteiger partial charge in [-0.05, 0) is 25.5 Å². The molecule has 0 fully saturated rings. The van der Waals surface area contributed by atoms with Crippen LogP contribution in [0.15, 0.2) is 28.9 Å². The highest BCUT2D eigenvalue weighted by atomic mass is 16.4. The molecule has 5 nitrogen and oxygen atoms in total. The summed E-state index contributed by atoms with van der Waals surface area (Å²) in [5, 5.41) is 0. The number of amides is 1. The van der Waals surface area contributed by atoms with Crippen molar-refractivity contribution in [3.63, 3.8) is 0 Å². The zero-order valence-corrected chi connectivity index (χ0v) is 12.8. The molecule has 1 amide bonds. The molecule has 0 aromatic carbocycles. The van der Waals surface area contributed by atoms with Crippen LogP contribution in [0.1, 0.15) is 31.2 Å². The molecular weight excluding hydrogens is 266 g/mol. The Morgan fingerprint density at radius 3 is 2.90 bits per heavy atom. The molecule has 2 rings (SSSR count). The number of aromatic nitrogens is 2. The van der Waals surface area contributed by atoms with Crippen molar-refractivity contribution >= 4 is 5.91 Å². The second-order valence-corrected chi connectivity index (χ2v) is 5.11. The molecule has 2 heterocycles. The monoisotopic (exact) mass is 287 g/mol. The predicted molar refractivity (Wildman–Crippen MR) is 80.7 cm³/mol. The molecule has 0 aliphatic heterocycles. The summed E-state index contributed by atoms with van der Waals surface area (Å²) < 4.78 is 5.64. The van der Waals surface area contributed by atoms with E-state index in [4.69, 9.17) is 4.42 Å². The molecule has 0 N–H and O–H groups in total. The predicted octanol–water partition coefficient (Wildman–Crippen LogP) is 2.85. The molecule has 0 radical (unpaired) electrons. The zero-order chi connectivity index (χ0) is 15.2. The Balaban J connectivity index is 2.08. The summed E-state index contributed by atoms with van der Waals surface area (Å²) in [6.07, 6.45) is 5.76. The lowest BCUT2D eigenvalue weighted by Gasteiger charge is -2.15. The number of hydrogen-bond donors (Lipinski definition) is 0. The van der Waals surface area contributed by atoms with Gasteiger partial charge in [0, 0.05) is 26.0 Å². The Kier molecular flexibility index (Phi) is 5.09. The number of pyridine rings is 1. The molecule has 5 heteroatoms. The molecule has 0 spiro atoms. The van der Waals surface area contributed by atoms with Crippen molar-refractivity contribution in [1.82, 2.24) is 14.9 Å². The molecule has 0 unspecified atom stereocenters. The quantitative estimate of drug-likeness (QED) is 0.819. The number of unbranched alkanes of at least 4 members (excludes halogenated alkanes) is 1. The second-order valence-electron chi connectivity index (χ2n) is 5.11. The molecular formula is C16H21N3O2. The largest absolute Gasteiger partial charge is 0.441 e. The summed E-state index contributed by atoms with van der Waals surface area (Å²) in [6, 6.07) is 3.72. The number of carbonyl (C=O) groups excluding carboxylic acids is 1. The average Bonchev–Trinajstić information content (AvgIpc) is 2.86. The minimum Gasteiger partial charge on any atom is -0.441 e. The number of hydrogen-bond acceptors (Lipinski definition) is 4. The van der Waals surface area contributed by atoms with Gasteiger partial charge in [0.25, 0.3) is 0 Å². The van der Waals surface area contributed by atoms with E-state index in [1.165, 1.54) is 0 Å². The third kappa shape index (κ3) is 3.90. The van der Waals surface area contributed by atoms with E-state index >= 15 is 0 Å². The van der Waals surface area contributed by atoms with Crippen molar-refractivity contribution in [1.29, 1.82) is 0 Å². The minimum atomic E-state index is 0.0672. The van der Waals surface area contributed by atoms with Crippen molar-refractivity contribution in [2.24, 2.45) is 0 Å². The first-order valence-electron chi connectivity index (χ1n) is 7.22. The van der Waals surface area contributed by atoms with Crippen LogP contribution in [0.4, 0.5) is 0 Å². The van der Waals surface area contributed by atoms with Crippen LogP contribution < -0.4 is 0 Å². The molecule has 0 saturated carbocycles. The maximum Gasteiger partial charge on any atom is 0.228 e. The van der Waals surface area contributed by atoms with Crippen LogP contribution in [-0.4, -0.2) is 34.4 Å². The number of carbonyl (C=O) groups is 1. The lowest BCUT2D eigenvalue weighted by molar-refractivity contribution is -0.129. The second kappa shape index (κ2) is 7.02.